The fourth-order valence-electron chi connectivity index (χ4n) is 2.28. The predicted molar refractivity (Wildman–Crippen MR) is 91.0 cm³/mol. The van der Waals surface area contributed by atoms with E-state index >= 15 is 0 Å². The zero-order valence-corrected chi connectivity index (χ0v) is 14.2. The van der Waals surface area contributed by atoms with Crippen molar-refractivity contribution in [2.24, 2.45) is 0 Å². The number of rotatable bonds is 5. The number of carbonyl (C=O) groups is 2. The summed E-state index contributed by atoms with van der Waals surface area (Å²) in [6.45, 7) is 3.64. The molecule has 3 rings (SSSR count). The second-order valence-electron chi connectivity index (χ2n) is 5.43. The molecule has 0 aliphatic carbocycles. The number of amides is 1. The predicted octanol–water partition coefficient (Wildman–Crippen LogP) is 2.57. The lowest BCUT2D eigenvalue weighted by atomic mass is 10.3. The molecular weight excluding hydrogens is 326 g/mol. The molecular formula is C17H17N3O3S. The third kappa shape index (κ3) is 3.46. The zero-order valence-electron chi connectivity index (χ0n) is 13.4. The van der Waals surface area contributed by atoms with E-state index in [1.165, 1.54) is 11.3 Å². The molecule has 124 valence electrons. The van der Waals surface area contributed by atoms with E-state index < -0.39 is 12.0 Å². The Labute approximate surface area is 143 Å². The molecule has 24 heavy (non-hydrogen) atoms. The van der Waals surface area contributed by atoms with Crippen molar-refractivity contribution in [1.82, 2.24) is 14.7 Å². The standard InChI is InChI=1S/C17H17N3O3S/c1-11-5-3-7-20-9-13(19-15(11)20)10-23-17(22)12(2)18-16(21)14-6-4-8-24-14/h3-9,12H,10H2,1-2H3,(H,18,21). The van der Waals surface area contributed by atoms with Crippen molar-refractivity contribution in [3.8, 4) is 0 Å². The van der Waals surface area contributed by atoms with E-state index in [2.05, 4.69) is 10.3 Å². The van der Waals surface area contributed by atoms with Gasteiger partial charge in [-0.1, -0.05) is 12.1 Å². The van der Waals surface area contributed by atoms with Crippen LogP contribution in [0.15, 0.2) is 42.0 Å². The fourth-order valence-corrected chi connectivity index (χ4v) is 2.91. The molecule has 3 aromatic rings. The topological polar surface area (TPSA) is 72.7 Å². The van der Waals surface area contributed by atoms with Gasteiger partial charge in [0.25, 0.3) is 5.91 Å². The zero-order chi connectivity index (χ0) is 17.1. The number of nitrogens with zero attached hydrogens (tertiary/aromatic N) is 2. The maximum Gasteiger partial charge on any atom is 0.328 e. The van der Waals surface area contributed by atoms with Crippen LogP contribution in [0.4, 0.5) is 0 Å². The Kier molecular flexibility index (Phi) is 4.61. The summed E-state index contributed by atoms with van der Waals surface area (Å²) in [4.78, 5) is 29.0. The molecule has 0 fully saturated rings. The molecule has 0 saturated heterocycles. The average molecular weight is 343 g/mol. The number of carbonyl (C=O) groups excluding carboxylic acids is 2. The number of pyridine rings is 1. The highest BCUT2D eigenvalue weighted by molar-refractivity contribution is 7.12. The molecule has 1 atom stereocenters. The van der Waals surface area contributed by atoms with Crippen LogP contribution in [0.2, 0.25) is 0 Å². The van der Waals surface area contributed by atoms with Crippen molar-refractivity contribution in [2.45, 2.75) is 26.5 Å². The number of nitrogens with one attached hydrogen (secondary N) is 1. The lowest BCUT2D eigenvalue weighted by Gasteiger charge is -2.12. The number of fused-ring (bicyclic) bond motifs is 1. The van der Waals surface area contributed by atoms with Gasteiger partial charge in [0.15, 0.2) is 0 Å². The van der Waals surface area contributed by atoms with Gasteiger partial charge in [0, 0.05) is 12.4 Å². The molecule has 0 bridgehead atoms. The molecule has 3 heterocycles. The first-order valence-electron chi connectivity index (χ1n) is 7.49. The Bertz CT molecular complexity index is 870. The summed E-state index contributed by atoms with van der Waals surface area (Å²) in [6, 6.07) is 6.67. The summed E-state index contributed by atoms with van der Waals surface area (Å²) in [5.41, 5.74) is 2.55. The second-order valence-corrected chi connectivity index (χ2v) is 6.38. The Morgan fingerprint density at radius 3 is 2.92 bits per heavy atom. The SMILES string of the molecule is Cc1cccn2cc(COC(=O)C(C)NC(=O)c3cccs3)nc12. The Hall–Kier alpha value is -2.67. The summed E-state index contributed by atoms with van der Waals surface area (Å²) >= 11 is 1.32. The van der Waals surface area contributed by atoms with Crippen molar-refractivity contribution >= 4 is 28.9 Å². The van der Waals surface area contributed by atoms with Gasteiger partial charge in [0.2, 0.25) is 0 Å². The van der Waals surface area contributed by atoms with E-state index in [9.17, 15) is 9.59 Å². The molecule has 0 spiro atoms. The highest BCUT2D eigenvalue weighted by atomic mass is 32.1. The van der Waals surface area contributed by atoms with Crippen LogP contribution in [0.25, 0.3) is 5.65 Å². The van der Waals surface area contributed by atoms with Crippen LogP contribution in [-0.2, 0) is 16.1 Å². The smallest absolute Gasteiger partial charge is 0.328 e. The van der Waals surface area contributed by atoms with Gasteiger partial charge in [-0.15, -0.1) is 11.3 Å². The Morgan fingerprint density at radius 1 is 1.38 bits per heavy atom. The van der Waals surface area contributed by atoms with E-state index in [1.807, 2.05) is 41.2 Å². The summed E-state index contributed by atoms with van der Waals surface area (Å²) in [5, 5.41) is 4.43. The first-order valence-corrected chi connectivity index (χ1v) is 8.37. The minimum atomic E-state index is -0.724. The van der Waals surface area contributed by atoms with Gasteiger partial charge < -0.3 is 14.5 Å². The summed E-state index contributed by atoms with van der Waals surface area (Å²) in [6.07, 6.45) is 3.72. The minimum absolute atomic E-state index is 0.0686. The van der Waals surface area contributed by atoms with E-state index in [1.54, 1.807) is 19.1 Å². The van der Waals surface area contributed by atoms with E-state index in [0.29, 0.717) is 10.6 Å². The van der Waals surface area contributed by atoms with E-state index in [4.69, 9.17) is 4.74 Å². The molecule has 0 saturated carbocycles. The lowest BCUT2D eigenvalue weighted by Crippen LogP contribution is -2.39. The molecule has 0 aromatic carbocycles. The van der Waals surface area contributed by atoms with E-state index in [0.717, 1.165) is 11.2 Å². The quantitative estimate of drug-likeness (QED) is 0.723. The van der Waals surface area contributed by atoms with E-state index in [-0.39, 0.29) is 12.5 Å². The van der Waals surface area contributed by atoms with Crippen LogP contribution in [0.1, 0.15) is 27.9 Å². The highest BCUT2D eigenvalue weighted by Gasteiger charge is 2.19. The monoisotopic (exact) mass is 343 g/mol. The number of aromatic nitrogens is 2. The number of imidazole rings is 1. The second kappa shape index (κ2) is 6.84. The Morgan fingerprint density at radius 2 is 2.21 bits per heavy atom. The normalized spacial score (nSPS) is 12.1. The summed E-state index contributed by atoms with van der Waals surface area (Å²) < 4.78 is 7.14. The third-order valence-corrected chi connectivity index (χ3v) is 4.40. The largest absolute Gasteiger partial charge is 0.458 e. The van der Waals surface area contributed by atoms with Gasteiger partial charge in [-0.2, -0.15) is 0 Å². The summed E-state index contributed by atoms with van der Waals surface area (Å²) in [5.74, 6) is -0.772. The fraction of sp³-hybridized carbons (Fsp3) is 0.235. The number of esters is 1. The van der Waals surface area contributed by atoms with Crippen molar-refractivity contribution in [3.05, 3.63) is 58.2 Å². The van der Waals surface area contributed by atoms with Crippen molar-refractivity contribution in [2.75, 3.05) is 0 Å². The number of thiophene rings is 1. The van der Waals surface area contributed by atoms with Crippen LogP contribution in [0.3, 0.4) is 0 Å². The number of aryl methyl sites for hydroxylation is 1. The van der Waals surface area contributed by atoms with Crippen LogP contribution in [-0.4, -0.2) is 27.3 Å². The van der Waals surface area contributed by atoms with Gasteiger partial charge >= 0.3 is 5.97 Å². The minimum Gasteiger partial charge on any atom is -0.458 e. The number of hydrogen-bond donors (Lipinski definition) is 1. The first-order chi connectivity index (χ1) is 11.5. The molecule has 0 radical (unpaired) electrons. The van der Waals surface area contributed by atoms with Gasteiger partial charge in [-0.05, 0) is 36.9 Å². The molecule has 7 heteroatoms. The molecule has 1 unspecified atom stereocenters. The van der Waals surface area contributed by atoms with Crippen LogP contribution in [0.5, 0.6) is 0 Å². The van der Waals surface area contributed by atoms with Crippen molar-refractivity contribution in [3.63, 3.8) is 0 Å². The average Bonchev–Trinajstić information content (AvgIpc) is 3.22. The van der Waals surface area contributed by atoms with Gasteiger partial charge in [-0.25, -0.2) is 9.78 Å². The summed E-state index contributed by atoms with van der Waals surface area (Å²) in [7, 11) is 0. The number of hydrogen-bond acceptors (Lipinski definition) is 5. The molecule has 1 N–H and O–H groups in total. The molecule has 3 aromatic heterocycles. The van der Waals surface area contributed by atoms with Crippen molar-refractivity contribution < 1.29 is 14.3 Å². The van der Waals surface area contributed by atoms with Crippen LogP contribution < -0.4 is 5.32 Å². The molecule has 1 amide bonds. The van der Waals surface area contributed by atoms with Gasteiger partial charge in [0.1, 0.15) is 18.3 Å². The molecule has 6 nitrogen and oxygen atoms in total. The number of ether oxygens (including phenoxy) is 1. The third-order valence-electron chi connectivity index (χ3n) is 3.54. The molecule has 0 aliphatic heterocycles. The van der Waals surface area contributed by atoms with Gasteiger partial charge in [-0.3, -0.25) is 4.79 Å². The molecule has 0 aliphatic rings. The highest BCUT2D eigenvalue weighted by Crippen LogP contribution is 2.11. The lowest BCUT2D eigenvalue weighted by molar-refractivity contribution is -0.146. The maximum atomic E-state index is 12.0. The first kappa shape index (κ1) is 16.2. The maximum absolute atomic E-state index is 12.0. The van der Waals surface area contributed by atoms with Crippen LogP contribution in [0, 0.1) is 6.92 Å². The van der Waals surface area contributed by atoms with Crippen molar-refractivity contribution in [1.29, 1.82) is 0 Å². The van der Waals surface area contributed by atoms with Gasteiger partial charge in [0.05, 0.1) is 10.6 Å². The Balaban J connectivity index is 1.58. The van der Waals surface area contributed by atoms with Crippen LogP contribution >= 0.6 is 11.3 Å².